The van der Waals surface area contributed by atoms with Crippen molar-refractivity contribution in [3.63, 3.8) is 0 Å². The van der Waals surface area contributed by atoms with Crippen molar-refractivity contribution >= 4 is 23.5 Å². The molecule has 1 aromatic heterocycles. The molecule has 3 amide bonds. The van der Waals surface area contributed by atoms with E-state index in [1.807, 2.05) is 20.9 Å². The van der Waals surface area contributed by atoms with E-state index in [1.54, 1.807) is 30.9 Å². The van der Waals surface area contributed by atoms with Crippen LogP contribution in [0.2, 0.25) is 0 Å². The van der Waals surface area contributed by atoms with Gasteiger partial charge in [0, 0.05) is 44.4 Å². The highest BCUT2D eigenvalue weighted by Gasteiger charge is 2.37. The number of nitrogens with one attached hydrogen (secondary N) is 2. The molecule has 252 valence electrons. The van der Waals surface area contributed by atoms with E-state index in [0.29, 0.717) is 30.1 Å². The number of carbonyl (C=O) groups is 4. The van der Waals surface area contributed by atoms with E-state index in [4.69, 9.17) is 4.63 Å². The highest BCUT2D eigenvalue weighted by Crippen LogP contribution is 2.32. The number of amides is 3. The zero-order valence-electron chi connectivity index (χ0n) is 28.0. The zero-order valence-corrected chi connectivity index (χ0v) is 28.0. The number of rotatable bonds is 12. The van der Waals surface area contributed by atoms with Crippen LogP contribution in [0.5, 0.6) is 0 Å². The van der Waals surface area contributed by atoms with Crippen molar-refractivity contribution in [1.82, 2.24) is 30.7 Å². The van der Waals surface area contributed by atoms with Gasteiger partial charge < -0.3 is 20.4 Å². The lowest BCUT2D eigenvalue weighted by Gasteiger charge is -2.41. The van der Waals surface area contributed by atoms with E-state index >= 15 is 4.39 Å². The molecule has 2 aromatic rings. The van der Waals surface area contributed by atoms with Gasteiger partial charge in [-0.15, -0.1) is 0 Å². The lowest BCUT2D eigenvalue weighted by atomic mass is 9.77. The first-order valence-corrected chi connectivity index (χ1v) is 16.6. The lowest BCUT2D eigenvalue weighted by molar-refractivity contribution is -0.140. The fraction of sp³-hybridized carbons (Fsp3) is 0.647. The Hall–Kier alpha value is -3.67. The van der Waals surface area contributed by atoms with Crippen LogP contribution in [-0.4, -0.2) is 88.4 Å². The number of likely N-dealkylation sites (N-methyl/N-ethyl adjacent to an activating group) is 1. The Balaban J connectivity index is 1.53. The van der Waals surface area contributed by atoms with Gasteiger partial charge in [0.15, 0.2) is 11.5 Å². The Labute approximate surface area is 271 Å². The normalized spacial score (nSPS) is 22.5. The monoisotopic (exact) mass is 640 g/mol. The number of carbonyl (C=O) groups excluding carboxylic acids is 4. The summed E-state index contributed by atoms with van der Waals surface area (Å²) in [5.74, 6) is -1.89. The van der Waals surface area contributed by atoms with Gasteiger partial charge in [-0.3, -0.25) is 19.2 Å². The van der Waals surface area contributed by atoms with E-state index in [-0.39, 0.29) is 53.7 Å². The number of piperazine rings is 1. The molecule has 12 heteroatoms. The molecular formula is C34H49FN6O5. The predicted octanol–water partition coefficient (Wildman–Crippen LogP) is 3.67. The van der Waals surface area contributed by atoms with Gasteiger partial charge in [-0.25, -0.2) is 9.02 Å². The third kappa shape index (κ3) is 8.37. The predicted molar refractivity (Wildman–Crippen MR) is 170 cm³/mol. The summed E-state index contributed by atoms with van der Waals surface area (Å²) in [7, 11) is 2.01. The number of halogens is 1. The van der Waals surface area contributed by atoms with Gasteiger partial charge in [0.2, 0.25) is 11.8 Å². The Morgan fingerprint density at radius 3 is 2.39 bits per heavy atom. The van der Waals surface area contributed by atoms with Gasteiger partial charge in [-0.2, -0.15) is 0 Å². The Morgan fingerprint density at radius 1 is 1.04 bits per heavy atom. The molecular weight excluding hydrogens is 591 g/mol. The molecule has 2 aliphatic rings. The molecule has 1 aliphatic carbocycles. The second kappa shape index (κ2) is 15.8. The summed E-state index contributed by atoms with van der Waals surface area (Å²) in [4.78, 5) is 57.1. The number of aryl methyl sites for hydroxylation is 1. The average molecular weight is 641 g/mol. The van der Waals surface area contributed by atoms with Crippen molar-refractivity contribution < 1.29 is 28.2 Å². The number of nitrogens with zero attached hydrogens (tertiary/aromatic N) is 4. The van der Waals surface area contributed by atoms with Gasteiger partial charge in [-0.05, 0) is 67.4 Å². The number of Topliss-reactive ketones (excluding diaryl/α,β-unsaturated/α-hetero) is 1. The molecule has 0 radical (unpaired) electrons. The third-order valence-electron chi connectivity index (χ3n) is 9.76. The SMILES string of the molecule is CCC(=O)N[C@@H](C(=O)N1CCN(C)C[C@@H]1C)[C@@H](C)c1ccc(CC(=O)[C@@H](NC(=O)c2nonc2CC)C2CCC(C)CC2)c(F)c1. The topological polar surface area (TPSA) is 138 Å². The molecule has 4 atom stereocenters. The standard InChI is InChI=1S/C34H49FN6O5/c1-7-27-32(39-46-38-27)33(44)37-31(23-11-9-20(3)10-12-23)28(42)18-25-14-13-24(17-26(25)35)22(5)30(36-29(43)8-2)34(45)41-16-15-40(6)19-21(41)4/h13-14,17,20-23,30-31H,7-12,15-16,18-19H2,1-6H3,(H,36,43)(H,37,44)/t20?,21-,22-,23?,30+,31-/m0/s1. The van der Waals surface area contributed by atoms with Crippen LogP contribution in [0.3, 0.4) is 0 Å². The molecule has 0 bridgehead atoms. The number of hydrogen-bond donors (Lipinski definition) is 2. The van der Waals surface area contributed by atoms with Crippen molar-refractivity contribution in [2.75, 3.05) is 26.7 Å². The molecule has 11 nitrogen and oxygen atoms in total. The molecule has 1 aliphatic heterocycles. The fourth-order valence-electron chi connectivity index (χ4n) is 6.70. The molecule has 1 saturated heterocycles. The van der Waals surface area contributed by atoms with Crippen molar-refractivity contribution in [2.45, 2.75) is 104 Å². The summed E-state index contributed by atoms with van der Waals surface area (Å²) < 4.78 is 20.5. The van der Waals surface area contributed by atoms with Crippen LogP contribution < -0.4 is 10.6 Å². The summed E-state index contributed by atoms with van der Waals surface area (Å²) in [5.41, 5.74) is 1.21. The van der Waals surface area contributed by atoms with E-state index < -0.39 is 29.7 Å². The summed E-state index contributed by atoms with van der Waals surface area (Å²) in [6, 6.07) is 2.93. The van der Waals surface area contributed by atoms with Crippen molar-refractivity contribution in [1.29, 1.82) is 0 Å². The Morgan fingerprint density at radius 2 is 1.76 bits per heavy atom. The van der Waals surface area contributed by atoms with Gasteiger partial charge in [0.05, 0.1) is 6.04 Å². The van der Waals surface area contributed by atoms with Crippen molar-refractivity contribution in [3.05, 3.63) is 46.5 Å². The molecule has 1 aromatic carbocycles. The molecule has 2 heterocycles. The molecule has 2 N–H and O–H groups in total. The summed E-state index contributed by atoms with van der Waals surface area (Å²) >= 11 is 0. The summed E-state index contributed by atoms with van der Waals surface area (Å²) in [5, 5.41) is 13.3. The molecule has 0 unspecified atom stereocenters. The van der Waals surface area contributed by atoms with Crippen LogP contribution >= 0.6 is 0 Å². The largest absolute Gasteiger partial charge is 0.344 e. The maximum absolute atomic E-state index is 15.7. The minimum absolute atomic E-state index is 0.0282. The Bertz CT molecular complexity index is 1390. The third-order valence-corrected chi connectivity index (χ3v) is 9.76. The number of aromatic nitrogens is 2. The minimum Gasteiger partial charge on any atom is -0.344 e. The van der Waals surface area contributed by atoms with Gasteiger partial charge >= 0.3 is 0 Å². The molecule has 2 fully saturated rings. The van der Waals surface area contributed by atoms with Crippen molar-refractivity contribution in [3.8, 4) is 0 Å². The van der Waals surface area contributed by atoms with Gasteiger partial charge in [-0.1, -0.05) is 57.8 Å². The quantitative estimate of drug-likeness (QED) is 0.359. The second-order valence-electron chi connectivity index (χ2n) is 13.2. The van der Waals surface area contributed by atoms with Crippen LogP contribution in [0.15, 0.2) is 22.8 Å². The van der Waals surface area contributed by atoms with Crippen LogP contribution in [0.25, 0.3) is 0 Å². The van der Waals surface area contributed by atoms with E-state index in [2.05, 4.69) is 32.8 Å². The number of ketones is 1. The zero-order chi connectivity index (χ0) is 33.5. The second-order valence-corrected chi connectivity index (χ2v) is 13.2. The smallest absolute Gasteiger partial charge is 0.276 e. The highest BCUT2D eigenvalue weighted by molar-refractivity contribution is 5.97. The van der Waals surface area contributed by atoms with Crippen LogP contribution in [0.4, 0.5) is 4.39 Å². The maximum Gasteiger partial charge on any atom is 0.276 e. The average Bonchev–Trinajstić information content (AvgIpc) is 3.52. The van der Waals surface area contributed by atoms with Crippen molar-refractivity contribution in [2.24, 2.45) is 11.8 Å². The summed E-state index contributed by atoms with van der Waals surface area (Å²) in [6.07, 6.45) is 3.90. The first-order valence-electron chi connectivity index (χ1n) is 16.6. The first kappa shape index (κ1) is 35.2. The van der Waals surface area contributed by atoms with E-state index in [0.717, 1.165) is 38.8 Å². The van der Waals surface area contributed by atoms with Crippen LogP contribution in [0, 0.1) is 17.7 Å². The summed E-state index contributed by atoms with van der Waals surface area (Å²) in [6.45, 7) is 11.5. The highest BCUT2D eigenvalue weighted by atomic mass is 19.1. The molecule has 4 rings (SSSR count). The number of benzene rings is 1. The Kier molecular flexibility index (Phi) is 12.0. The lowest BCUT2D eigenvalue weighted by Crippen LogP contribution is -2.59. The first-order chi connectivity index (χ1) is 21.9. The van der Waals surface area contributed by atoms with Gasteiger partial charge in [0.1, 0.15) is 17.6 Å². The number of hydrogen-bond acceptors (Lipinski definition) is 8. The fourth-order valence-corrected chi connectivity index (χ4v) is 6.70. The van der Waals surface area contributed by atoms with Crippen LogP contribution in [-0.2, 0) is 27.2 Å². The van der Waals surface area contributed by atoms with E-state index in [9.17, 15) is 19.2 Å². The minimum atomic E-state index is -0.863. The maximum atomic E-state index is 15.7. The molecule has 1 saturated carbocycles. The molecule has 0 spiro atoms. The van der Waals surface area contributed by atoms with E-state index in [1.165, 1.54) is 6.07 Å². The van der Waals surface area contributed by atoms with Crippen LogP contribution in [0.1, 0.15) is 99.9 Å². The molecule has 46 heavy (non-hydrogen) atoms. The van der Waals surface area contributed by atoms with Gasteiger partial charge in [0.25, 0.3) is 5.91 Å².